The second-order valence-electron chi connectivity index (χ2n) is 8.32. The van der Waals surface area contributed by atoms with Crippen molar-refractivity contribution in [3.8, 4) is 51.7 Å². The number of benzene rings is 3. The van der Waals surface area contributed by atoms with Gasteiger partial charge in [-0.1, -0.05) is 18.2 Å². The predicted molar refractivity (Wildman–Crippen MR) is 143 cm³/mol. The Labute approximate surface area is 227 Å². The summed E-state index contributed by atoms with van der Waals surface area (Å²) in [6.45, 7) is 3.01. The molecular weight excluding hydrogens is 518 g/mol. The maximum Gasteiger partial charge on any atom is 0.200 e. The quantitative estimate of drug-likeness (QED) is 0.119. The van der Waals surface area contributed by atoms with E-state index in [0.717, 1.165) is 0 Å². The van der Waals surface area contributed by atoms with E-state index >= 15 is 0 Å². The smallest absolute Gasteiger partial charge is 0.200 e. The van der Waals surface area contributed by atoms with Crippen LogP contribution >= 0.6 is 12.4 Å². The van der Waals surface area contributed by atoms with Crippen LogP contribution in [0.1, 0.15) is 19.3 Å². The molecule has 0 saturated carbocycles. The van der Waals surface area contributed by atoms with E-state index in [0.29, 0.717) is 58.7 Å². The zero-order chi connectivity index (χ0) is 26.6. The lowest BCUT2D eigenvalue weighted by atomic mass is 10.3. The van der Waals surface area contributed by atoms with Crippen molar-refractivity contribution < 1.29 is 44.8 Å². The molecule has 0 aliphatic rings. The highest BCUT2D eigenvalue weighted by Gasteiger charge is 2.11. The standard InChI is InChI=1S/C27H33NO9.ClH/c29-19-7-1-10-22(25(19)32)35-16-4-13-28(14-5-17-36-23-11-2-8-20(30)26(23)33)15-6-18-37-24-12-3-9-21(31)27(24)34;/h1-3,7-12,29-34H,4-6,13-18H2;1H. The minimum atomic E-state index is -0.293. The van der Waals surface area contributed by atoms with Crippen LogP contribution in [0.4, 0.5) is 0 Å². The molecule has 3 rings (SSSR count). The fourth-order valence-corrected chi connectivity index (χ4v) is 3.63. The number of nitrogens with zero attached hydrogens (tertiary/aromatic N) is 1. The molecule has 11 heteroatoms. The molecule has 0 unspecified atom stereocenters. The van der Waals surface area contributed by atoms with Gasteiger partial charge in [0, 0.05) is 19.6 Å². The van der Waals surface area contributed by atoms with Gasteiger partial charge in [-0.05, 0) is 55.7 Å². The molecular formula is C27H34ClNO9. The summed E-state index contributed by atoms with van der Waals surface area (Å²) in [7, 11) is 0. The van der Waals surface area contributed by atoms with Crippen LogP contribution in [-0.2, 0) is 0 Å². The normalized spacial score (nSPS) is 10.7. The molecule has 10 nitrogen and oxygen atoms in total. The summed E-state index contributed by atoms with van der Waals surface area (Å²) in [6.07, 6.45) is 1.95. The molecule has 0 heterocycles. The van der Waals surface area contributed by atoms with Crippen molar-refractivity contribution >= 4 is 12.4 Å². The molecule has 6 N–H and O–H groups in total. The predicted octanol–water partition coefficient (Wildman–Crippen LogP) is 4.35. The van der Waals surface area contributed by atoms with Crippen molar-refractivity contribution in [3.63, 3.8) is 0 Å². The zero-order valence-corrected chi connectivity index (χ0v) is 21.6. The third-order valence-electron chi connectivity index (χ3n) is 5.56. The maximum atomic E-state index is 9.87. The summed E-state index contributed by atoms with van der Waals surface area (Å²) >= 11 is 0. The highest BCUT2D eigenvalue weighted by Crippen LogP contribution is 2.36. The summed E-state index contributed by atoms with van der Waals surface area (Å²) in [4.78, 5) is 2.18. The van der Waals surface area contributed by atoms with E-state index in [-0.39, 0.29) is 64.2 Å². The van der Waals surface area contributed by atoms with Gasteiger partial charge in [0.15, 0.2) is 34.5 Å². The van der Waals surface area contributed by atoms with Gasteiger partial charge in [0.2, 0.25) is 17.2 Å². The zero-order valence-electron chi connectivity index (χ0n) is 20.8. The van der Waals surface area contributed by atoms with Crippen LogP contribution in [0.15, 0.2) is 54.6 Å². The first-order chi connectivity index (χ1) is 17.9. The Hall–Kier alpha value is -3.89. The molecule has 3 aromatic rings. The fraction of sp³-hybridized carbons (Fsp3) is 0.333. The molecule has 3 aromatic carbocycles. The van der Waals surface area contributed by atoms with Crippen LogP contribution < -0.4 is 14.2 Å². The van der Waals surface area contributed by atoms with Crippen LogP contribution in [0.25, 0.3) is 0 Å². The Morgan fingerprint density at radius 2 is 0.763 bits per heavy atom. The number of hydrogen-bond acceptors (Lipinski definition) is 10. The first kappa shape index (κ1) is 30.3. The molecule has 38 heavy (non-hydrogen) atoms. The Bertz CT molecular complexity index is 1000. The molecule has 0 bridgehead atoms. The summed E-state index contributed by atoms with van der Waals surface area (Å²) in [6, 6.07) is 13.6. The van der Waals surface area contributed by atoms with E-state index in [1.807, 2.05) is 0 Å². The van der Waals surface area contributed by atoms with Gasteiger partial charge in [0.1, 0.15) is 0 Å². The number of aromatic hydroxyl groups is 6. The van der Waals surface area contributed by atoms with Crippen LogP contribution in [-0.4, -0.2) is 75.0 Å². The largest absolute Gasteiger partial charge is 0.504 e. The van der Waals surface area contributed by atoms with Crippen LogP contribution in [0.5, 0.6) is 51.7 Å². The third kappa shape index (κ3) is 8.89. The molecule has 0 aromatic heterocycles. The van der Waals surface area contributed by atoms with Crippen molar-refractivity contribution in [3.05, 3.63) is 54.6 Å². The summed E-state index contributed by atoms with van der Waals surface area (Å²) in [5.41, 5.74) is 0. The van der Waals surface area contributed by atoms with Gasteiger partial charge in [0.05, 0.1) is 19.8 Å². The number of phenols is 6. The third-order valence-corrected chi connectivity index (χ3v) is 5.56. The highest BCUT2D eigenvalue weighted by atomic mass is 35.5. The fourth-order valence-electron chi connectivity index (χ4n) is 3.63. The number of phenolic OH excluding ortho intramolecular Hbond substituents is 6. The van der Waals surface area contributed by atoms with E-state index < -0.39 is 0 Å². The number of halogens is 1. The van der Waals surface area contributed by atoms with Crippen LogP contribution in [0, 0.1) is 0 Å². The van der Waals surface area contributed by atoms with Crippen molar-refractivity contribution in [1.29, 1.82) is 0 Å². The molecule has 0 atom stereocenters. The van der Waals surface area contributed by atoms with Gasteiger partial charge in [0.25, 0.3) is 0 Å². The van der Waals surface area contributed by atoms with E-state index in [1.54, 1.807) is 36.4 Å². The van der Waals surface area contributed by atoms with E-state index in [4.69, 9.17) is 14.2 Å². The van der Waals surface area contributed by atoms with E-state index in [1.165, 1.54) is 18.2 Å². The van der Waals surface area contributed by atoms with Crippen LogP contribution in [0.2, 0.25) is 0 Å². The first-order valence-electron chi connectivity index (χ1n) is 12.0. The maximum absolute atomic E-state index is 9.87. The van der Waals surface area contributed by atoms with Crippen molar-refractivity contribution in [2.75, 3.05) is 39.5 Å². The number of rotatable bonds is 15. The molecule has 0 saturated heterocycles. The average Bonchev–Trinajstić information content (AvgIpc) is 2.88. The summed E-state index contributed by atoms with van der Waals surface area (Å²) in [5, 5.41) is 58.4. The van der Waals surface area contributed by atoms with Gasteiger partial charge < -0.3 is 49.7 Å². The second-order valence-corrected chi connectivity index (χ2v) is 8.32. The lowest BCUT2D eigenvalue weighted by Crippen LogP contribution is -2.30. The van der Waals surface area contributed by atoms with E-state index in [9.17, 15) is 30.6 Å². The second kappa shape index (κ2) is 15.4. The van der Waals surface area contributed by atoms with Gasteiger partial charge in [-0.15, -0.1) is 12.4 Å². The van der Waals surface area contributed by atoms with E-state index in [2.05, 4.69) is 4.90 Å². The molecule has 0 fully saturated rings. The number of para-hydroxylation sites is 3. The monoisotopic (exact) mass is 551 g/mol. The minimum absolute atomic E-state index is 0. The number of ether oxygens (including phenoxy) is 3. The summed E-state index contributed by atoms with van der Waals surface area (Å²) in [5.74, 6) is -0.961. The topological polar surface area (TPSA) is 152 Å². The SMILES string of the molecule is Cl.Oc1cccc(OCCCN(CCCOc2cccc(O)c2O)CCCOc2cccc(O)c2O)c1O. The van der Waals surface area contributed by atoms with Crippen LogP contribution in [0.3, 0.4) is 0 Å². The molecule has 0 spiro atoms. The molecule has 0 aliphatic carbocycles. The Morgan fingerprint density at radius 3 is 1.05 bits per heavy atom. The van der Waals surface area contributed by atoms with Crippen molar-refractivity contribution in [2.45, 2.75) is 19.3 Å². The average molecular weight is 552 g/mol. The van der Waals surface area contributed by atoms with Gasteiger partial charge in [-0.25, -0.2) is 0 Å². The molecule has 208 valence electrons. The molecule has 0 amide bonds. The first-order valence-corrected chi connectivity index (χ1v) is 12.0. The lowest BCUT2D eigenvalue weighted by Gasteiger charge is -2.23. The van der Waals surface area contributed by atoms with Gasteiger partial charge in [-0.3, -0.25) is 0 Å². The number of hydrogen-bond donors (Lipinski definition) is 6. The summed E-state index contributed by atoms with van der Waals surface area (Å²) < 4.78 is 16.8. The van der Waals surface area contributed by atoms with Gasteiger partial charge in [-0.2, -0.15) is 0 Å². The molecule has 0 radical (unpaired) electrons. The lowest BCUT2D eigenvalue weighted by molar-refractivity contribution is 0.194. The Balaban J connectivity index is 0.00000507. The van der Waals surface area contributed by atoms with Crippen molar-refractivity contribution in [2.24, 2.45) is 0 Å². The van der Waals surface area contributed by atoms with Crippen molar-refractivity contribution in [1.82, 2.24) is 4.90 Å². The minimum Gasteiger partial charge on any atom is -0.504 e. The Morgan fingerprint density at radius 1 is 0.474 bits per heavy atom. The highest BCUT2D eigenvalue weighted by molar-refractivity contribution is 5.85. The van der Waals surface area contributed by atoms with Gasteiger partial charge >= 0.3 is 0 Å². The molecule has 0 aliphatic heterocycles. The Kier molecular flexibility index (Phi) is 12.3.